The number of nitrogens with zero attached hydrogens (tertiary/aromatic N) is 3. The smallest absolute Gasteiger partial charge is 0.227 e. The molecule has 0 amide bonds. The van der Waals surface area contributed by atoms with Crippen LogP contribution in [-0.4, -0.2) is 50.3 Å². The molecule has 1 saturated heterocycles. The van der Waals surface area contributed by atoms with Gasteiger partial charge in [-0.1, -0.05) is 23.7 Å². The Morgan fingerprint density at radius 3 is 2.55 bits per heavy atom. The maximum atomic E-state index is 12.8. The zero-order valence-electron chi connectivity index (χ0n) is 17.4. The summed E-state index contributed by atoms with van der Waals surface area (Å²) in [4.78, 5) is 12.8. The van der Waals surface area contributed by atoms with Gasteiger partial charge >= 0.3 is 0 Å². The van der Waals surface area contributed by atoms with Gasteiger partial charge in [0, 0.05) is 23.9 Å². The molecule has 8 heteroatoms. The van der Waals surface area contributed by atoms with Gasteiger partial charge in [-0.2, -0.15) is 4.98 Å². The Bertz CT molecular complexity index is 1030. The number of halogens is 1. The lowest BCUT2D eigenvalue weighted by Gasteiger charge is -2.42. The highest BCUT2D eigenvalue weighted by Gasteiger charge is 2.56. The van der Waals surface area contributed by atoms with Gasteiger partial charge in [0.1, 0.15) is 10.7 Å². The summed E-state index contributed by atoms with van der Waals surface area (Å²) in [6.07, 6.45) is 4.66. The van der Waals surface area contributed by atoms with E-state index in [0.29, 0.717) is 29.3 Å². The molecule has 2 aromatic rings. The molecule has 2 aliphatic heterocycles. The molecule has 2 saturated carbocycles. The van der Waals surface area contributed by atoms with Crippen molar-refractivity contribution in [2.24, 2.45) is 11.8 Å². The van der Waals surface area contributed by atoms with E-state index in [1.165, 1.54) is 5.56 Å². The molecule has 2 N–H and O–H groups in total. The number of aliphatic hydroxyl groups excluding tert-OH is 1. The van der Waals surface area contributed by atoms with Gasteiger partial charge in [0.25, 0.3) is 0 Å². The Hall–Kier alpha value is -1.70. The monoisotopic (exact) mass is 458 g/mol. The van der Waals surface area contributed by atoms with Crippen LogP contribution in [0.2, 0.25) is 5.02 Å². The minimum Gasteiger partial charge on any atom is -0.394 e. The number of nitrogens with one attached hydrogen (secondary N) is 1. The van der Waals surface area contributed by atoms with E-state index >= 15 is 0 Å². The second-order valence-corrected chi connectivity index (χ2v) is 11.5. The molecule has 1 aromatic heterocycles. The largest absolute Gasteiger partial charge is 0.394 e. The average Bonchev–Trinajstić information content (AvgIpc) is 3.23. The minimum atomic E-state index is -1.08. The zero-order valence-corrected chi connectivity index (χ0v) is 19.0. The third kappa shape index (κ3) is 3.36. The van der Waals surface area contributed by atoms with Gasteiger partial charge in [0.2, 0.25) is 5.95 Å². The number of fused-ring (bicyclic) bond motifs is 2. The molecule has 4 aliphatic rings. The average molecular weight is 459 g/mol. The van der Waals surface area contributed by atoms with E-state index in [9.17, 15) is 9.32 Å². The Kier molecular flexibility index (Phi) is 4.78. The number of anilines is 2. The molecule has 0 radical (unpaired) electrons. The van der Waals surface area contributed by atoms with E-state index < -0.39 is 10.8 Å². The van der Waals surface area contributed by atoms with Crippen molar-refractivity contribution >= 4 is 34.2 Å². The molecular weight excluding hydrogens is 432 g/mol. The van der Waals surface area contributed by atoms with Crippen LogP contribution < -0.4 is 10.2 Å². The van der Waals surface area contributed by atoms with Crippen molar-refractivity contribution in [1.82, 2.24) is 9.97 Å². The molecule has 0 bridgehead atoms. The summed E-state index contributed by atoms with van der Waals surface area (Å²) in [7, 11) is -1.08. The van der Waals surface area contributed by atoms with E-state index in [1.54, 1.807) is 0 Å². The van der Waals surface area contributed by atoms with E-state index in [2.05, 4.69) is 22.3 Å². The molecule has 164 valence electrons. The SMILES string of the molecule is O=[S@@]1CCCc2nc(N3CC4C(C3)C4c3ccc(Cl)cc3)nc(NC3(CO)CCC3)c21. The number of benzene rings is 1. The topological polar surface area (TPSA) is 78.4 Å². The van der Waals surface area contributed by atoms with Gasteiger partial charge < -0.3 is 15.3 Å². The summed E-state index contributed by atoms with van der Waals surface area (Å²) in [6.45, 7) is 1.97. The number of aromatic nitrogens is 2. The summed E-state index contributed by atoms with van der Waals surface area (Å²) < 4.78 is 12.8. The van der Waals surface area contributed by atoms with Crippen LogP contribution in [0.25, 0.3) is 0 Å². The molecule has 6 rings (SSSR count). The summed E-state index contributed by atoms with van der Waals surface area (Å²) in [5.74, 6) is 3.94. The Balaban J connectivity index is 1.26. The highest BCUT2D eigenvalue weighted by molar-refractivity contribution is 7.85. The minimum absolute atomic E-state index is 0.0738. The van der Waals surface area contributed by atoms with Crippen molar-refractivity contribution in [3.8, 4) is 0 Å². The van der Waals surface area contributed by atoms with Gasteiger partial charge in [-0.25, -0.2) is 4.98 Å². The molecule has 2 aliphatic carbocycles. The van der Waals surface area contributed by atoms with Crippen molar-refractivity contribution in [3.05, 3.63) is 40.5 Å². The van der Waals surface area contributed by atoms with E-state index in [-0.39, 0.29) is 12.1 Å². The van der Waals surface area contributed by atoms with E-state index in [1.807, 2.05) is 12.1 Å². The first-order valence-electron chi connectivity index (χ1n) is 11.3. The maximum absolute atomic E-state index is 12.8. The van der Waals surface area contributed by atoms with Crippen LogP contribution in [0.1, 0.15) is 42.9 Å². The second-order valence-electron chi connectivity index (χ2n) is 9.53. The summed E-state index contributed by atoms with van der Waals surface area (Å²) in [6, 6.07) is 8.25. The third-order valence-electron chi connectivity index (χ3n) is 7.62. The number of aliphatic hydroxyl groups is 1. The molecule has 2 unspecified atom stereocenters. The lowest BCUT2D eigenvalue weighted by molar-refractivity contribution is 0.143. The van der Waals surface area contributed by atoms with Gasteiger partial charge in [0.05, 0.1) is 28.6 Å². The van der Waals surface area contributed by atoms with Crippen molar-refractivity contribution in [1.29, 1.82) is 0 Å². The maximum Gasteiger partial charge on any atom is 0.227 e. The fraction of sp³-hybridized carbons (Fsp3) is 0.565. The first kappa shape index (κ1) is 19.9. The third-order valence-corrected chi connectivity index (χ3v) is 9.42. The summed E-state index contributed by atoms with van der Waals surface area (Å²) in [5.41, 5.74) is 1.96. The van der Waals surface area contributed by atoms with E-state index in [4.69, 9.17) is 21.6 Å². The van der Waals surface area contributed by atoms with Crippen LogP contribution in [0.15, 0.2) is 29.2 Å². The Labute approximate surface area is 189 Å². The second kappa shape index (κ2) is 7.42. The number of piperidine rings is 1. The van der Waals surface area contributed by atoms with Crippen LogP contribution in [0.4, 0.5) is 11.8 Å². The molecule has 6 nitrogen and oxygen atoms in total. The van der Waals surface area contributed by atoms with Crippen LogP contribution in [0.5, 0.6) is 0 Å². The van der Waals surface area contributed by atoms with Crippen LogP contribution >= 0.6 is 11.6 Å². The highest BCUT2D eigenvalue weighted by atomic mass is 35.5. The van der Waals surface area contributed by atoms with Crippen molar-refractivity contribution in [2.45, 2.75) is 48.5 Å². The first-order chi connectivity index (χ1) is 15.1. The van der Waals surface area contributed by atoms with Crippen LogP contribution in [0, 0.1) is 11.8 Å². The van der Waals surface area contributed by atoms with Gasteiger partial charge in [-0.3, -0.25) is 4.21 Å². The predicted octanol–water partition coefficient (Wildman–Crippen LogP) is 3.36. The van der Waals surface area contributed by atoms with Gasteiger partial charge in [-0.15, -0.1) is 0 Å². The molecule has 3 atom stereocenters. The van der Waals surface area contributed by atoms with Crippen molar-refractivity contribution < 1.29 is 9.32 Å². The predicted molar refractivity (Wildman–Crippen MR) is 122 cm³/mol. The lowest BCUT2D eigenvalue weighted by atomic mass is 9.77. The van der Waals surface area contributed by atoms with Crippen LogP contribution in [-0.2, 0) is 17.2 Å². The Morgan fingerprint density at radius 2 is 1.90 bits per heavy atom. The first-order valence-corrected chi connectivity index (χ1v) is 13.0. The molecular formula is C23H27ClN4O2S. The summed E-state index contributed by atoms with van der Waals surface area (Å²) in [5, 5.41) is 14.2. The van der Waals surface area contributed by atoms with Gasteiger partial charge in [-0.05, 0) is 67.6 Å². The number of rotatable bonds is 5. The number of hydrogen-bond donors (Lipinski definition) is 2. The standard InChI is InChI=1S/C23H27ClN4O2S/c24-15-6-4-14(5-7-15)19-16-11-28(12-17(16)19)22-25-18-3-1-10-31(30)20(18)21(26-22)27-23(13-29)8-2-9-23/h4-7,16-17,19,29H,1-3,8-13H2,(H,25,26,27)/t16?,17?,19?,31-/m1/s1. The van der Waals surface area contributed by atoms with Crippen LogP contribution in [0.3, 0.4) is 0 Å². The zero-order chi connectivity index (χ0) is 21.2. The summed E-state index contributed by atoms with van der Waals surface area (Å²) >= 11 is 6.05. The normalized spacial score (nSPS) is 30.3. The van der Waals surface area contributed by atoms with Crippen molar-refractivity contribution in [2.75, 3.05) is 35.7 Å². The van der Waals surface area contributed by atoms with Crippen molar-refractivity contribution in [3.63, 3.8) is 0 Å². The van der Waals surface area contributed by atoms with E-state index in [0.717, 1.165) is 66.8 Å². The number of hydrogen-bond acceptors (Lipinski definition) is 6. The molecule has 0 spiro atoms. The number of aryl methyl sites for hydroxylation is 1. The molecule has 3 heterocycles. The lowest BCUT2D eigenvalue weighted by Crippen LogP contribution is -2.49. The molecule has 31 heavy (non-hydrogen) atoms. The van der Waals surface area contributed by atoms with Gasteiger partial charge in [0.15, 0.2) is 0 Å². The molecule has 1 aromatic carbocycles. The highest BCUT2D eigenvalue weighted by Crippen LogP contribution is 2.58. The fourth-order valence-corrected chi connectivity index (χ4v) is 7.10. The molecule has 3 fully saturated rings. The fourth-order valence-electron chi connectivity index (χ4n) is 5.64. The Morgan fingerprint density at radius 1 is 1.16 bits per heavy atom. The quantitative estimate of drug-likeness (QED) is 0.715.